The summed E-state index contributed by atoms with van der Waals surface area (Å²) in [5.74, 6) is 1.89. The van der Waals surface area contributed by atoms with Gasteiger partial charge < -0.3 is 9.47 Å². The Labute approximate surface area is 196 Å². The summed E-state index contributed by atoms with van der Waals surface area (Å²) in [7, 11) is 0. The predicted molar refractivity (Wildman–Crippen MR) is 133 cm³/mol. The minimum absolute atomic E-state index is 0.0570. The lowest BCUT2D eigenvalue weighted by atomic mass is 10.1. The summed E-state index contributed by atoms with van der Waals surface area (Å²) in [4.78, 5) is 17.5. The Morgan fingerprint density at radius 1 is 1.28 bits per heavy atom. The molecule has 1 atom stereocenters. The molecule has 0 amide bonds. The minimum atomic E-state index is -0.224. The third-order valence-corrected chi connectivity index (χ3v) is 5.50. The highest BCUT2D eigenvalue weighted by Crippen LogP contribution is 2.34. The van der Waals surface area contributed by atoms with Gasteiger partial charge in [-0.3, -0.25) is 4.79 Å². The molecule has 0 saturated heterocycles. The van der Waals surface area contributed by atoms with Gasteiger partial charge in [0.25, 0.3) is 5.56 Å². The van der Waals surface area contributed by atoms with Crippen LogP contribution in [-0.2, 0) is 6.42 Å². The molecule has 0 spiro atoms. The summed E-state index contributed by atoms with van der Waals surface area (Å²) in [5.41, 5.74) is 2.17. The van der Waals surface area contributed by atoms with E-state index in [-0.39, 0.29) is 11.7 Å². The minimum Gasteiger partial charge on any atom is -0.490 e. The second-order valence-corrected chi connectivity index (χ2v) is 8.37. The maximum atomic E-state index is 13.0. The van der Waals surface area contributed by atoms with Gasteiger partial charge >= 0.3 is 0 Å². The Balaban J connectivity index is 2.08. The largest absolute Gasteiger partial charge is 0.490 e. The van der Waals surface area contributed by atoms with Crippen molar-refractivity contribution in [1.82, 2.24) is 9.66 Å². The summed E-state index contributed by atoms with van der Waals surface area (Å²) in [6, 6.07) is 9.29. The number of nitrogens with zero attached hydrogens (tertiary/aromatic N) is 3. The van der Waals surface area contributed by atoms with Crippen LogP contribution in [0.25, 0.3) is 10.9 Å². The molecule has 0 unspecified atom stereocenters. The van der Waals surface area contributed by atoms with E-state index in [1.165, 1.54) is 4.68 Å². The van der Waals surface area contributed by atoms with Crippen molar-refractivity contribution < 1.29 is 9.47 Å². The zero-order chi connectivity index (χ0) is 23.3. The maximum absolute atomic E-state index is 13.0. The number of halogens is 1. The van der Waals surface area contributed by atoms with E-state index in [1.807, 2.05) is 44.2 Å². The van der Waals surface area contributed by atoms with E-state index in [1.54, 1.807) is 19.2 Å². The zero-order valence-corrected chi connectivity index (χ0v) is 20.5. The standard InChI is InChI=1S/C25H28BrN3O3/c1-6-9-19-12-18(13-23(31-8-3)24(19)32-16(4)7-2)15-27-29-17(5)28-22-11-10-20(26)14-21(22)25(29)30/h6,10-16H,1,7-9H2,2-5H3/t16-/m1/s1. The highest BCUT2D eigenvalue weighted by atomic mass is 79.9. The fraction of sp³-hybridized carbons (Fsp3) is 0.320. The monoisotopic (exact) mass is 497 g/mol. The van der Waals surface area contributed by atoms with E-state index < -0.39 is 0 Å². The quantitative estimate of drug-likeness (QED) is 0.282. The lowest BCUT2D eigenvalue weighted by molar-refractivity contribution is 0.201. The first-order valence-electron chi connectivity index (χ1n) is 10.7. The molecule has 0 aliphatic rings. The van der Waals surface area contributed by atoms with E-state index in [4.69, 9.17) is 9.47 Å². The third kappa shape index (κ3) is 5.27. The molecule has 0 N–H and O–H groups in total. The van der Waals surface area contributed by atoms with Crippen LogP contribution in [0, 0.1) is 6.92 Å². The lowest BCUT2D eigenvalue weighted by Gasteiger charge is -2.20. The molecule has 0 radical (unpaired) electrons. The Morgan fingerprint density at radius 2 is 2.06 bits per heavy atom. The average Bonchev–Trinajstić information content (AvgIpc) is 2.76. The highest BCUT2D eigenvalue weighted by Gasteiger charge is 2.15. The van der Waals surface area contributed by atoms with Crippen LogP contribution in [0.1, 0.15) is 44.1 Å². The molecule has 168 valence electrons. The molecule has 2 aromatic carbocycles. The molecule has 32 heavy (non-hydrogen) atoms. The topological polar surface area (TPSA) is 65.7 Å². The van der Waals surface area contributed by atoms with Gasteiger partial charge in [-0.2, -0.15) is 9.78 Å². The molecule has 0 aliphatic heterocycles. The van der Waals surface area contributed by atoms with Crippen LogP contribution >= 0.6 is 15.9 Å². The normalized spacial score (nSPS) is 12.3. The van der Waals surface area contributed by atoms with Gasteiger partial charge in [0.05, 0.1) is 29.8 Å². The van der Waals surface area contributed by atoms with Gasteiger partial charge in [0.1, 0.15) is 5.82 Å². The van der Waals surface area contributed by atoms with E-state index in [2.05, 4.69) is 39.5 Å². The van der Waals surface area contributed by atoms with E-state index >= 15 is 0 Å². The average molecular weight is 498 g/mol. The molecule has 1 heterocycles. The number of hydrogen-bond donors (Lipinski definition) is 0. The molecular weight excluding hydrogens is 470 g/mol. The molecule has 1 aromatic heterocycles. The van der Waals surface area contributed by atoms with Gasteiger partial charge in [-0.15, -0.1) is 6.58 Å². The van der Waals surface area contributed by atoms with Crippen molar-refractivity contribution in [3.05, 3.63) is 74.8 Å². The Bertz CT molecular complexity index is 1220. The van der Waals surface area contributed by atoms with Crippen molar-refractivity contribution in [2.75, 3.05) is 6.61 Å². The molecule has 7 heteroatoms. The van der Waals surface area contributed by atoms with Crippen LogP contribution in [0.5, 0.6) is 11.5 Å². The van der Waals surface area contributed by atoms with Gasteiger partial charge in [0.15, 0.2) is 11.5 Å². The lowest BCUT2D eigenvalue weighted by Crippen LogP contribution is -2.20. The first-order valence-corrected chi connectivity index (χ1v) is 11.5. The molecule has 3 rings (SSSR count). The van der Waals surface area contributed by atoms with Crippen molar-refractivity contribution in [3.8, 4) is 11.5 Å². The first kappa shape index (κ1) is 23.7. The molecule has 0 aliphatic carbocycles. The Kier molecular flexibility index (Phi) is 7.85. The second kappa shape index (κ2) is 10.6. The fourth-order valence-corrected chi connectivity index (χ4v) is 3.63. The van der Waals surface area contributed by atoms with Crippen LogP contribution in [0.4, 0.5) is 0 Å². The maximum Gasteiger partial charge on any atom is 0.282 e. The van der Waals surface area contributed by atoms with Crippen molar-refractivity contribution in [2.45, 2.75) is 46.6 Å². The van der Waals surface area contributed by atoms with Crippen molar-refractivity contribution in [2.24, 2.45) is 5.10 Å². The van der Waals surface area contributed by atoms with Crippen molar-refractivity contribution in [1.29, 1.82) is 0 Å². The Hall–Kier alpha value is -2.93. The molecule has 0 bridgehead atoms. The van der Waals surface area contributed by atoms with Gasteiger partial charge in [-0.1, -0.05) is 28.9 Å². The van der Waals surface area contributed by atoms with E-state index in [0.29, 0.717) is 35.5 Å². The number of aryl methyl sites for hydroxylation is 1. The van der Waals surface area contributed by atoms with Crippen LogP contribution < -0.4 is 15.0 Å². The zero-order valence-electron chi connectivity index (χ0n) is 18.9. The molecular formula is C25H28BrN3O3. The number of hydrogen-bond acceptors (Lipinski definition) is 5. The molecule has 0 saturated carbocycles. The summed E-state index contributed by atoms with van der Waals surface area (Å²) < 4.78 is 14.2. The number of allylic oxidation sites excluding steroid dienone is 1. The summed E-state index contributed by atoms with van der Waals surface area (Å²) >= 11 is 3.41. The first-order chi connectivity index (χ1) is 15.4. The molecule has 0 fully saturated rings. The number of benzene rings is 2. The summed E-state index contributed by atoms with van der Waals surface area (Å²) in [5, 5.41) is 4.95. The predicted octanol–water partition coefficient (Wildman–Crippen LogP) is 5.65. The number of rotatable bonds is 9. The van der Waals surface area contributed by atoms with Gasteiger partial charge in [0.2, 0.25) is 0 Å². The van der Waals surface area contributed by atoms with Crippen molar-refractivity contribution in [3.63, 3.8) is 0 Å². The smallest absolute Gasteiger partial charge is 0.282 e. The summed E-state index contributed by atoms with van der Waals surface area (Å²) in [6.45, 7) is 12.2. The van der Waals surface area contributed by atoms with Crippen LogP contribution in [0.15, 0.2) is 57.4 Å². The summed E-state index contributed by atoms with van der Waals surface area (Å²) in [6.07, 6.45) is 5.03. The number of fused-ring (bicyclic) bond motifs is 1. The molecule has 6 nitrogen and oxygen atoms in total. The van der Waals surface area contributed by atoms with Gasteiger partial charge in [0, 0.05) is 10.0 Å². The van der Waals surface area contributed by atoms with Crippen LogP contribution in [-0.4, -0.2) is 28.6 Å². The number of ether oxygens (including phenoxy) is 2. The SMILES string of the molecule is C=CCc1cc(C=Nn2c(C)nc3ccc(Br)cc3c2=O)cc(OCC)c1O[C@H](C)CC. The number of aromatic nitrogens is 2. The van der Waals surface area contributed by atoms with E-state index in [9.17, 15) is 4.79 Å². The fourth-order valence-electron chi connectivity index (χ4n) is 3.27. The van der Waals surface area contributed by atoms with Crippen LogP contribution in [0.2, 0.25) is 0 Å². The molecule has 3 aromatic rings. The van der Waals surface area contributed by atoms with Gasteiger partial charge in [-0.05, 0) is 69.5 Å². The third-order valence-electron chi connectivity index (χ3n) is 5.00. The van der Waals surface area contributed by atoms with Crippen LogP contribution in [0.3, 0.4) is 0 Å². The van der Waals surface area contributed by atoms with E-state index in [0.717, 1.165) is 27.8 Å². The second-order valence-electron chi connectivity index (χ2n) is 7.45. The Morgan fingerprint density at radius 3 is 2.75 bits per heavy atom. The highest BCUT2D eigenvalue weighted by molar-refractivity contribution is 9.10. The van der Waals surface area contributed by atoms with Gasteiger partial charge in [-0.25, -0.2) is 4.98 Å². The van der Waals surface area contributed by atoms with Crippen molar-refractivity contribution >= 4 is 33.0 Å².